The van der Waals surface area contributed by atoms with Crippen LogP contribution in [0.2, 0.25) is 0 Å². The molecule has 1 fully saturated rings. The summed E-state index contributed by atoms with van der Waals surface area (Å²) in [6.45, 7) is 3.33. The Bertz CT molecular complexity index is 327. The van der Waals surface area contributed by atoms with Crippen LogP contribution in [0, 0.1) is 0 Å². The molecule has 0 bridgehead atoms. The molecule has 2 nitrogen and oxygen atoms in total. The SMILES string of the molecule is CCc1csc(N2CCCC2CCCCl)n1. The molecular weight excluding hydrogens is 240 g/mol. The summed E-state index contributed by atoms with van der Waals surface area (Å²) in [6, 6.07) is 0.676. The maximum absolute atomic E-state index is 5.77. The lowest BCUT2D eigenvalue weighted by atomic mass is 10.1. The number of thiazole rings is 1. The zero-order valence-corrected chi connectivity index (χ0v) is 11.4. The summed E-state index contributed by atoms with van der Waals surface area (Å²) in [5.74, 6) is 0.780. The molecular formula is C12H19ClN2S. The predicted molar refractivity (Wildman–Crippen MR) is 71.8 cm³/mol. The maximum atomic E-state index is 5.77. The summed E-state index contributed by atoms with van der Waals surface area (Å²) < 4.78 is 0. The van der Waals surface area contributed by atoms with Crippen molar-refractivity contribution in [2.75, 3.05) is 17.3 Å². The van der Waals surface area contributed by atoms with Crippen LogP contribution in [0.5, 0.6) is 0 Å². The minimum absolute atomic E-state index is 0.676. The van der Waals surface area contributed by atoms with Gasteiger partial charge in [-0.2, -0.15) is 0 Å². The Labute approximate surface area is 107 Å². The van der Waals surface area contributed by atoms with Gasteiger partial charge in [-0.05, 0) is 32.1 Å². The van der Waals surface area contributed by atoms with E-state index in [-0.39, 0.29) is 0 Å². The molecule has 16 heavy (non-hydrogen) atoms. The first-order valence-electron chi connectivity index (χ1n) is 6.12. The number of aryl methyl sites for hydroxylation is 1. The van der Waals surface area contributed by atoms with Crippen molar-refractivity contribution in [1.82, 2.24) is 4.98 Å². The molecule has 90 valence electrons. The molecule has 0 saturated carbocycles. The zero-order chi connectivity index (χ0) is 11.4. The highest BCUT2D eigenvalue weighted by atomic mass is 35.5. The number of halogens is 1. The second-order valence-corrected chi connectivity index (χ2v) is 5.51. The molecule has 0 aliphatic carbocycles. The Kier molecular flexibility index (Phi) is 4.47. The lowest BCUT2D eigenvalue weighted by Gasteiger charge is -2.23. The summed E-state index contributed by atoms with van der Waals surface area (Å²) in [7, 11) is 0. The molecule has 4 heteroatoms. The quantitative estimate of drug-likeness (QED) is 0.749. The number of hydrogen-bond acceptors (Lipinski definition) is 3. The summed E-state index contributed by atoms with van der Waals surface area (Å²) in [5, 5.41) is 3.40. The van der Waals surface area contributed by atoms with E-state index in [1.54, 1.807) is 11.3 Å². The van der Waals surface area contributed by atoms with Gasteiger partial charge in [0, 0.05) is 23.8 Å². The van der Waals surface area contributed by atoms with E-state index in [4.69, 9.17) is 11.6 Å². The fourth-order valence-electron chi connectivity index (χ4n) is 2.29. The van der Waals surface area contributed by atoms with E-state index in [1.807, 2.05) is 0 Å². The van der Waals surface area contributed by atoms with Crippen molar-refractivity contribution in [1.29, 1.82) is 0 Å². The first-order valence-corrected chi connectivity index (χ1v) is 7.53. The first kappa shape index (κ1) is 12.2. The van der Waals surface area contributed by atoms with Crippen molar-refractivity contribution < 1.29 is 0 Å². The molecule has 1 atom stereocenters. The largest absolute Gasteiger partial charge is 0.345 e. The molecule has 1 aliphatic heterocycles. The molecule has 0 N–H and O–H groups in total. The van der Waals surface area contributed by atoms with Crippen LogP contribution in [0.25, 0.3) is 0 Å². The Morgan fingerprint density at radius 3 is 3.19 bits per heavy atom. The third-order valence-corrected chi connectivity index (χ3v) is 4.39. The molecule has 1 saturated heterocycles. The molecule has 1 aliphatic rings. The number of aromatic nitrogens is 1. The Hall–Kier alpha value is -0.280. The van der Waals surface area contributed by atoms with Gasteiger partial charge in [0.25, 0.3) is 0 Å². The van der Waals surface area contributed by atoms with Gasteiger partial charge in [-0.25, -0.2) is 4.98 Å². The van der Waals surface area contributed by atoms with Crippen LogP contribution in [0.3, 0.4) is 0 Å². The van der Waals surface area contributed by atoms with Crippen molar-refractivity contribution in [3.63, 3.8) is 0 Å². The Balaban J connectivity index is 2.01. The molecule has 1 aromatic rings. The van der Waals surface area contributed by atoms with Crippen LogP contribution in [0.15, 0.2) is 5.38 Å². The van der Waals surface area contributed by atoms with E-state index in [1.165, 1.54) is 36.6 Å². The van der Waals surface area contributed by atoms with E-state index in [0.29, 0.717) is 6.04 Å². The molecule has 1 aromatic heterocycles. The van der Waals surface area contributed by atoms with Crippen LogP contribution in [0.1, 0.15) is 38.3 Å². The van der Waals surface area contributed by atoms with E-state index in [0.717, 1.165) is 18.7 Å². The number of rotatable bonds is 5. The number of hydrogen-bond donors (Lipinski definition) is 0. The molecule has 2 heterocycles. The van der Waals surface area contributed by atoms with Crippen LogP contribution < -0.4 is 4.90 Å². The predicted octanol–water partition coefficient (Wildman–Crippen LogP) is 3.69. The molecule has 0 amide bonds. The Morgan fingerprint density at radius 1 is 1.62 bits per heavy atom. The summed E-state index contributed by atoms with van der Waals surface area (Å²) in [4.78, 5) is 7.16. The first-order chi connectivity index (χ1) is 7.85. The van der Waals surface area contributed by atoms with Gasteiger partial charge in [0.05, 0.1) is 5.69 Å². The van der Waals surface area contributed by atoms with Crippen molar-refractivity contribution >= 4 is 28.1 Å². The van der Waals surface area contributed by atoms with E-state index in [2.05, 4.69) is 22.2 Å². The van der Waals surface area contributed by atoms with Crippen molar-refractivity contribution in [2.24, 2.45) is 0 Å². The van der Waals surface area contributed by atoms with Gasteiger partial charge < -0.3 is 4.90 Å². The highest BCUT2D eigenvalue weighted by Gasteiger charge is 2.25. The van der Waals surface area contributed by atoms with Crippen LogP contribution in [-0.2, 0) is 6.42 Å². The molecule has 2 rings (SSSR count). The van der Waals surface area contributed by atoms with E-state index in [9.17, 15) is 0 Å². The number of alkyl halides is 1. The van der Waals surface area contributed by atoms with Gasteiger partial charge in [0.2, 0.25) is 0 Å². The van der Waals surface area contributed by atoms with Gasteiger partial charge in [0.15, 0.2) is 5.13 Å². The maximum Gasteiger partial charge on any atom is 0.185 e. The zero-order valence-electron chi connectivity index (χ0n) is 9.79. The van der Waals surface area contributed by atoms with E-state index >= 15 is 0 Å². The highest BCUT2D eigenvalue weighted by molar-refractivity contribution is 7.13. The summed E-state index contributed by atoms with van der Waals surface area (Å²) >= 11 is 7.56. The van der Waals surface area contributed by atoms with Crippen molar-refractivity contribution in [3.05, 3.63) is 11.1 Å². The molecule has 1 unspecified atom stereocenters. The van der Waals surface area contributed by atoms with Crippen molar-refractivity contribution in [2.45, 2.75) is 45.1 Å². The second kappa shape index (κ2) is 5.87. The topological polar surface area (TPSA) is 16.1 Å². The van der Waals surface area contributed by atoms with Crippen molar-refractivity contribution in [3.8, 4) is 0 Å². The normalized spacial score (nSPS) is 20.6. The lowest BCUT2D eigenvalue weighted by Crippen LogP contribution is -2.29. The minimum atomic E-state index is 0.676. The second-order valence-electron chi connectivity index (χ2n) is 4.30. The monoisotopic (exact) mass is 258 g/mol. The Morgan fingerprint density at radius 2 is 2.50 bits per heavy atom. The third-order valence-electron chi connectivity index (χ3n) is 3.20. The molecule has 0 radical (unpaired) electrons. The summed E-state index contributed by atoms with van der Waals surface area (Å²) in [5.41, 5.74) is 1.22. The lowest BCUT2D eigenvalue weighted by molar-refractivity contribution is 0.601. The van der Waals surface area contributed by atoms with E-state index < -0.39 is 0 Å². The van der Waals surface area contributed by atoms with Gasteiger partial charge in [-0.15, -0.1) is 22.9 Å². The van der Waals surface area contributed by atoms with Gasteiger partial charge in [0.1, 0.15) is 0 Å². The van der Waals surface area contributed by atoms with Crippen LogP contribution in [-0.4, -0.2) is 23.5 Å². The van der Waals surface area contributed by atoms with Crippen LogP contribution in [0.4, 0.5) is 5.13 Å². The molecule has 0 aromatic carbocycles. The smallest absolute Gasteiger partial charge is 0.185 e. The van der Waals surface area contributed by atoms with Gasteiger partial charge >= 0.3 is 0 Å². The fourth-order valence-corrected chi connectivity index (χ4v) is 3.45. The van der Waals surface area contributed by atoms with Gasteiger partial charge in [-0.1, -0.05) is 6.92 Å². The average Bonchev–Trinajstić information content (AvgIpc) is 2.94. The fraction of sp³-hybridized carbons (Fsp3) is 0.750. The number of anilines is 1. The summed E-state index contributed by atoms with van der Waals surface area (Å²) in [6.07, 6.45) is 5.97. The highest BCUT2D eigenvalue weighted by Crippen LogP contribution is 2.30. The standard InChI is InChI=1S/C12H19ClN2S/c1-2-10-9-16-12(14-10)15-8-4-6-11(15)5-3-7-13/h9,11H,2-8H2,1H3. The third kappa shape index (κ3) is 2.69. The minimum Gasteiger partial charge on any atom is -0.345 e. The number of nitrogens with zero attached hydrogens (tertiary/aromatic N) is 2. The van der Waals surface area contributed by atoms with Crippen LogP contribution >= 0.6 is 22.9 Å². The molecule has 0 spiro atoms. The average molecular weight is 259 g/mol. The van der Waals surface area contributed by atoms with Gasteiger partial charge in [-0.3, -0.25) is 0 Å².